The molecular formula is C22H19N3O3. The number of ether oxygens (including phenoxy) is 1. The minimum absolute atomic E-state index is 0.251. The Kier molecular flexibility index (Phi) is 4.93. The van der Waals surface area contributed by atoms with Gasteiger partial charge in [0.25, 0.3) is 0 Å². The van der Waals surface area contributed by atoms with Gasteiger partial charge in [-0.3, -0.25) is 4.98 Å². The van der Waals surface area contributed by atoms with Crippen LogP contribution in [0.15, 0.2) is 77.3 Å². The molecule has 0 aliphatic rings. The molecule has 6 heteroatoms. The van der Waals surface area contributed by atoms with E-state index in [-0.39, 0.29) is 6.03 Å². The molecule has 0 fully saturated rings. The number of nitrogens with one attached hydrogen (secondary N) is 2. The molecule has 0 aliphatic carbocycles. The second-order valence-electron chi connectivity index (χ2n) is 6.30. The summed E-state index contributed by atoms with van der Waals surface area (Å²) in [4.78, 5) is 16.2. The van der Waals surface area contributed by atoms with Crippen molar-refractivity contribution in [3.05, 3.63) is 84.3 Å². The molecule has 2 N–H and O–H groups in total. The minimum Gasteiger partial charge on any atom is -0.456 e. The molecule has 0 saturated heterocycles. The molecule has 0 radical (unpaired) electrons. The summed E-state index contributed by atoms with van der Waals surface area (Å²) >= 11 is 0. The smallest absolute Gasteiger partial charge is 0.319 e. The van der Waals surface area contributed by atoms with Crippen LogP contribution in [-0.2, 0) is 6.54 Å². The third kappa shape index (κ3) is 4.12. The molecule has 0 saturated carbocycles. The minimum atomic E-state index is -0.251. The van der Waals surface area contributed by atoms with Gasteiger partial charge in [-0.2, -0.15) is 0 Å². The van der Waals surface area contributed by atoms with Gasteiger partial charge in [-0.05, 0) is 36.8 Å². The number of amides is 2. The van der Waals surface area contributed by atoms with Crippen LogP contribution in [0.25, 0.3) is 11.1 Å². The molecule has 0 aliphatic heterocycles. The van der Waals surface area contributed by atoms with Crippen LogP contribution in [0.1, 0.15) is 11.3 Å². The Morgan fingerprint density at radius 2 is 1.86 bits per heavy atom. The number of hydrogen-bond donors (Lipinski definition) is 2. The number of benzene rings is 2. The molecule has 2 aromatic heterocycles. The highest BCUT2D eigenvalue weighted by molar-refractivity contribution is 5.89. The molecule has 0 spiro atoms. The number of hydrogen-bond acceptors (Lipinski definition) is 4. The van der Waals surface area contributed by atoms with Crippen LogP contribution < -0.4 is 15.4 Å². The number of rotatable bonds is 5. The van der Waals surface area contributed by atoms with Gasteiger partial charge in [-0.15, -0.1) is 0 Å². The van der Waals surface area contributed by atoms with E-state index in [1.54, 1.807) is 12.3 Å². The number of carbonyl (C=O) groups excluding carboxylic acids is 1. The average Bonchev–Trinajstić information content (AvgIpc) is 3.09. The third-order valence-corrected chi connectivity index (χ3v) is 4.13. The van der Waals surface area contributed by atoms with Crippen molar-refractivity contribution in [1.82, 2.24) is 10.3 Å². The highest BCUT2D eigenvalue weighted by Crippen LogP contribution is 2.30. The van der Waals surface area contributed by atoms with Crippen LogP contribution >= 0.6 is 0 Å². The van der Waals surface area contributed by atoms with E-state index >= 15 is 0 Å². The maximum absolute atomic E-state index is 12.0. The van der Waals surface area contributed by atoms with Crippen molar-refractivity contribution in [2.45, 2.75) is 13.5 Å². The van der Waals surface area contributed by atoms with Crippen LogP contribution in [0, 0.1) is 6.92 Å². The Hall–Kier alpha value is -3.80. The normalized spacial score (nSPS) is 10.6. The first-order chi connectivity index (χ1) is 13.7. The SMILES string of the molecule is Cc1cc2nccc(Oc3ccc(CNC(=O)Nc4ccccc4)cc3)c2o1. The Morgan fingerprint density at radius 1 is 1.07 bits per heavy atom. The molecule has 0 unspecified atom stereocenters. The zero-order valence-corrected chi connectivity index (χ0v) is 15.3. The lowest BCUT2D eigenvalue weighted by Crippen LogP contribution is -2.28. The van der Waals surface area contributed by atoms with E-state index in [0.717, 1.165) is 22.5 Å². The molecule has 0 atom stereocenters. The van der Waals surface area contributed by atoms with Crippen LogP contribution in [0.3, 0.4) is 0 Å². The Bertz CT molecular complexity index is 1090. The number of urea groups is 1. The van der Waals surface area contributed by atoms with E-state index < -0.39 is 0 Å². The Morgan fingerprint density at radius 3 is 2.64 bits per heavy atom. The predicted molar refractivity (Wildman–Crippen MR) is 108 cm³/mol. The van der Waals surface area contributed by atoms with Gasteiger partial charge in [0.2, 0.25) is 0 Å². The molecule has 140 valence electrons. The zero-order valence-electron chi connectivity index (χ0n) is 15.3. The van der Waals surface area contributed by atoms with E-state index in [4.69, 9.17) is 9.15 Å². The second kappa shape index (κ2) is 7.84. The summed E-state index contributed by atoms with van der Waals surface area (Å²) in [5, 5.41) is 5.61. The van der Waals surface area contributed by atoms with Gasteiger partial charge in [-0.1, -0.05) is 30.3 Å². The van der Waals surface area contributed by atoms with E-state index in [9.17, 15) is 4.79 Å². The van der Waals surface area contributed by atoms with Crippen LogP contribution in [-0.4, -0.2) is 11.0 Å². The quantitative estimate of drug-likeness (QED) is 0.501. The number of carbonyl (C=O) groups is 1. The van der Waals surface area contributed by atoms with E-state index in [0.29, 0.717) is 23.6 Å². The van der Waals surface area contributed by atoms with Gasteiger partial charge in [-0.25, -0.2) is 4.79 Å². The molecule has 4 rings (SSSR count). The highest BCUT2D eigenvalue weighted by Gasteiger charge is 2.09. The predicted octanol–water partition coefficient (Wildman–Crippen LogP) is 5.25. The van der Waals surface area contributed by atoms with Crippen LogP contribution in [0.5, 0.6) is 11.5 Å². The fourth-order valence-corrected chi connectivity index (χ4v) is 2.80. The third-order valence-electron chi connectivity index (χ3n) is 4.13. The van der Waals surface area contributed by atoms with Crippen molar-refractivity contribution in [3.8, 4) is 11.5 Å². The van der Waals surface area contributed by atoms with Crippen molar-refractivity contribution in [1.29, 1.82) is 0 Å². The Balaban J connectivity index is 1.36. The molecule has 28 heavy (non-hydrogen) atoms. The first-order valence-electron chi connectivity index (χ1n) is 8.89. The first kappa shape index (κ1) is 17.6. The summed E-state index contributed by atoms with van der Waals surface area (Å²) in [5.41, 5.74) is 3.11. The molecule has 2 heterocycles. The number of furan rings is 1. The van der Waals surface area contributed by atoms with Gasteiger partial charge < -0.3 is 19.8 Å². The van der Waals surface area contributed by atoms with E-state index in [2.05, 4.69) is 15.6 Å². The number of aryl methyl sites for hydroxylation is 1. The summed E-state index contributed by atoms with van der Waals surface area (Å²) in [6.07, 6.45) is 1.69. The first-order valence-corrected chi connectivity index (χ1v) is 8.89. The van der Waals surface area contributed by atoms with Crippen molar-refractivity contribution in [2.24, 2.45) is 0 Å². The summed E-state index contributed by atoms with van der Waals surface area (Å²) in [6.45, 7) is 2.29. The molecule has 4 aromatic rings. The van der Waals surface area contributed by atoms with Gasteiger partial charge in [0.15, 0.2) is 11.3 Å². The number of nitrogens with zero attached hydrogens (tertiary/aromatic N) is 1. The number of anilines is 1. The lowest BCUT2D eigenvalue weighted by molar-refractivity contribution is 0.251. The molecular weight excluding hydrogens is 354 g/mol. The number of fused-ring (bicyclic) bond motifs is 1. The lowest BCUT2D eigenvalue weighted by atomic mass is 10.2. The van der Waals surface area contributed by atoms with Crippen molar-refractivity contribution in [2.75, 3.05) is 5.32 Å². The van der Waals surface area contributed by atoms with Crippen molar-refractivity contribution >= 4 is 22.8 Å². The van der Waals surface area contributed by atoms with Crippen LogP contribution in [0.4, 0.5) is 10.5 Å². The topological polar surface area (TPSA) is 76.4 Å². The van der Waals surface area contributed by atoms with Gasteiger partial charge in [0.1, 0.15) is 17.0 Å². The molecule has 2 amide bonds. The summed E-state index contributed by atoms with van der Waals surface area (Å²) < 4.78 is 11.6. The fourth-order valence-electron chi connectivity index (χ4n) is 2.80. The number of pyridine rings is 1. The van der Waals surface area contributed by atoms with Gasteiger partial charge in [0.05, 0.1) is 0 Å². The second-order valence-corrected chi connectivity index (χ2v) is 6.30. The molecule has 0 bridgehead atoms. The molecule has 6 nitrogen and oxygen atoms in total. The van der Waals surface area contributed by atoms with Crippen LogP contribution in [0.2, 0.25) is 0 Å². The number of para-hydroxylation sites is 1. The lowest BCUT2D eigenvalue weighted by Gasteiger charge is -2.09. The zero-order chi connectivity index (χ0) is 19.3. The largest absolute Gasteiger partial charge is 0.456 e. The fraction of sp³-hybridized carbons (Fsp3) is 0.0909. The summed E-state index contributed by atoms with van der Waals surface area (Å²) in [5.74, 6) is 2.08. The van der Waals surface area contributed by atoms with Crippen molar-refractivity contribution in [3.63, 3.8) is 0 Å². The monoisotopic (exact) mass is 373 g/mol. The molecule has 2 aromatic carbocycles. The average molecular weight is 373 g/mol. The Labute approximate surface area is 162 Å². The maximum Gasteiger partial charge on any atom is 0.319 e. The summed E-state index contributed by atoms with van der Waals surface area (Å²) in [6, 6.07) is 20.2. The van der Waals surface area contributed by atoms with E-state index in [1.807, 2.05) is 67.6 Å². The standard InChI is InChI=1S/C22H19N3O3/c1-15-13-19-21(27-15)20(11-12-23-19)28-18-9-7-16(8-10-18)14-24-22(26)25-17-5-3-2-4-6-17/h2-13H,14H2,1H3,(H2,24,25,26). The van der Waals surface area contributed by atoms with Gasteiger partial charge >= 0.3 is 6.03 Å². The highest BCUT2D eigenvalue weighted by atomic mass is 16.5. The van der Waals surface area contributed by atoms with Gasteiger partial charge in [0, 0.05) is 30.6 Å². The maximum atomic E-state index is 12.0. The van der Waals surface area contributed by atoms with Crippen molar-refractivity contribution < 1.29 is 13.9 Å². The summed E-state index contributed by atoms with van der Waals surface area (Å²) in [7, 11) is 0. The van der Waals surface area contributed by atoms with E-state index in [1.165, 1.54) is 0 Å². The number of aromatic nitrogens is 1.